The van der Waals surface area contributed by atoms with Crippen LogP contribution in [0.4, 0.5) is 0 Å². The van der Waals surface area contributed by atoms with Gasteiger partial charge in [-0.05, 0) is 67.0 Å². The Morgan fingerprint density at radius 1 is 1.00 bits per heavy atom. The molecule has 2 amide bonds. The molecule has 2 aromatic carbocycles. The standard InChI is InChI=1S/C27H30N4O3/c28-27-29-19-4-2-1-3-16-5-6-17-7-9-22(20(17)13-16)30-26(33)18-8-10-24-21(14-18)23(11-12-34-24)31(27)25(32)15-19/h5-6,8,10,13-14,19,22-23H,1-4,7,9,11-12,15H2,(H2,28,29)(H,30,33)/t19?,22?,23-/m1/s1. The zero-order valence-electron chi connectivity index (χ0n) is 19.3. The third kappa shape index (κ3) is 3.73. The van der Waals surface area contributed by atoms with Gasteiger partial charge in [0, 0.05) is 24.0 Å². The van der Waals surface area contributed by atoms with Crippen LogP contribution in [-0.2, 0) is 17.6 Å². The zero-order valence-corrected chi connectivity index (χ0v) is 19.3. The van der Waals surface area contributed by atoms with Crippen LogP contribution in [0.1, 0.15) is 83.2 Å². The highest BCUT2D eigenvalue weighted by atomic mass is 16.5. The summed E-state index contributed by atoms with van der Waals surface area (Å²) in [6.07, 6.45) is 6.75. The number of benzene rings is 2. The third-order valence-electron chi connectivity index (χ3n) is 7.68. The number of amides is 2. The van der Waals surface area contributed by atoms with E-state index < -0.39 is 0 Å². The van der Waals surface area contributed by atoms with E-state index in [9.17, 15) is 9.59 Å². The monoisotopic (exact) mass is 458 g/mol. The molecule has 0 saturated carbocycles. The molecule has 0 saturated heterocycles. The Balaban J connectivity index is 1.40. The van der Waals surface area contributed by atoms with Gasteiger partial charge in [0.25, 0.3) is 5.91 Å². The summed E-state index contributed by atoms with van der Waals surface area (Å²) in [6, 6.07) is 11.9. The Hall–Kier alpha value is -3.35. The molecule has 7 rings (SSSR count). The molecule has 0 fully saturated rings. The van der Waals surface area contributed by atoms with E-state index in [1.54, 1.807) is 11.0 Å². The van der Waals surface area contributed by atoms with Crippen molar-refractivity contribution < 1.29 is 14.3 Å². The highest BCUT2D eigenvalue weighted by molar-refractivity contribution is 5.99. The summed E-state index contributed by atoms with van der Waals surface area (Å²) in [5.74, 6) is 0.864. The van der Waals surface area contributed by atoms with Crippen LogP contribution in [0, 0.1) is 0 Å². The normalized spacial score (nSPS) is 26.3. The van der Waals surface area contributed by atoms with Crippen molar-refractivity contribution in [3.05, 3.63) is 64.2 Å². The summed E-state index contributed by atoms with van der Waals surface area (Å²) in [5.41, 5.74) is 11.6. The lowest BCUT2D eigenvalue weighted by molar-refractivity contribution is -0.130. The van der Waals surface area contributed by atoms with Crippen molar-refractivity contribution in [2.45, 2.75) is 69.5 Å². The number of guanidine groups is 1. The number of hydrogen-bond acceptors (Lipinski definition) is 5. The van der Waals surface area contributed by atoms with Gasteiger partial charge in [-0.15, -0.1) is 0 Å². The summed E-state index contributed by atoms with van der Waals surface area (Å²) in [7, 11) is 0. The summed E-state index contributed by atoms with van der Waals surface area (Å²) in [5, 5.41) is 3.25. The Labute approximate surface area is 199 Å². The van der Waals surface area contributed by atoms with Gasteiger partial charge < -0.3 is 15.8 Å². The number of hydrogen-bond donors (Lipinski definition) is 2. The van der Waals surface area contributed by atoms with E-state index in [-0.39, 0.29) is 35.9 Å². The molecular formula is C27H30N4O3. The first kappa shape index (κ1) is 21.2. The third-order valence-corrected chi connectivity index (χ3v) is 7.68. The van der Waals surface area contributed by atoms with Crippen molar-refractivity contribution in [1.82, 2.24) is 10.2 Å². The number of ether oxygens (including phenoxy) is 1. The van der Waals surface area contributed by atoms with Gasteiger partial charge in [-0.3, -0.25) is 14.5 Å². The van der Waals surface area contributed by atoms with Crippen LogP contribution < -0.4 is 15.8 Å². The molecular weight excluding hydrogens is 428 g/mol. The maximum atomic E-state index is 13.3. The Morgan fingerprint density at radius 2 is 1.91 bits per heavy atom. The smallest absolute Gasteiger partial charge is 0.251 e. The SMILES string of the molecule is NC1=NC2CCCCc3ccc4c(c3)C(CC4)NC(=O)c3ccc4c(c3)[C@@H](CCO4)N1C(=O)C2. The minimum Gasteiger partial charge on any atom is -0.493 e. The predicted octanol–water partition coefficient (Wildman–Crippen LogP) is 3.57. The van der Waals surface area contributed by atoms with Gasteiger partial charge in [-0.2, -0.15) is 0 Å². The quantitative estimate of drug-likeness (QED) is 0.631. The van der Waals surface area contributed by atoms with Gasteiger partial charge in [-0.1, -0.05) is 24.6 Å². The second-order valence-corrected chi connectivity index (χ2v) is 9.86. The van der Waals surface area contributed by atoms with E-state index in [4.69, 9.17) is 15.5 Å². The number of nitrogens with zero attached hydrogens (tertiary/aromatic N) is 2. The van der Waals surface area contributed by atoms with Crippen LogP contribution in [0.25, 0.3) is 0 Å². The van der Waals surface area contributed by atoms with Crippen LogP contribution in [0.2, 0.25) is 0 Å². The number of nitrogens with one attached hydrogen (secondary N) is 1. The summed E-state index contributed by atoms with van der Waals surface area (Å²) in [6.45, 7) is 0.491. The number of aliphatic imine (C=N–C) groups is 1. The fourth-order valence-corrected chi connectivity index (χ4v) is 5.92. The van der Waals surface area contributed by atoms with Crippen molar-refractivity contribution in [3.63, 3.8) is 0 Å². The molecule has 34 heavy (non-hydrogen) atoms. The fraction of sp³-hybridized carbons (Fsp3) is 0.444. The lowest BCUT2D eigenvalue weighted by Crippen LogP contribution is -2.50. The van der Waals surface area contributed by atoms with Crippen molar-refractivity contribution in [2.24, 2.45) is 10.7 Å². The second kappa shape index (κ2) is 8.46. The minimum absolute atomic E-state index is 0.00231. The van der Waals surface area contributed by atoms with Crippen LogP contribution in [0.3, 0.4) is 0 Å². The highest BCUT2D eigenvalue weighted by Gasteiger charge is 2.37. The van der Waals surface area contributed by atoms with Crippen molar-refractivity contribution >= 4 is 17.8 Å². The first-order valence-electron chi connectivity index (χ1n) is 12.4. The van der Waals surface area contributed by atoms with Crippen molar-refractivity contribution in [1.29, 1.82) is 0 Å². The summed E-state index contributed by atoms with van der Waals surface area (Å²) < 4.78 is 5.86. The van der Waals surface area contributed by atoms with E-state index in [1.165, 1.54) is 16.7 Å². The largest absolute Gasteiger partial charge is 0.493 e. The van der Waals surface area contributed by atoms with Gasteiger partial charge in [0.05, 0.1) is 24.7 Å². The van der Waals surface area contributed by atoms with E-state index in [0.29, 0.717) is 30.8 Å². The van der Waals surface area contributed by atoms with Crippen molar-refractivity contribution in [3.8, 4) is 5.75 Å². The van der Waals surface area contributed by atoms with Gasteiger partial charge in [0.15, 0.2) is 5.96 Å². The Kier molecular flexibility index (Phi) is 5.27. The molecule has 6 bridgehead atoms. The maximum absolute atomic E-state index is 13.3. The molecule has 2 aromatic rings. The Bertz CT molecular complexity index is 1190. The molecule has 0 spiro atoms. The molecule has 7 heteroatoms. The first-order chi connectivity index (χ1) is 16.6. The predicted molar refractivity (Wildman–Crippen MR) is 129 cm³/mol. The average molecular weight is 459 g/mol. The average Bonchev–Trinajstić information content (AvgIpc) is 3.22. The lowest BCUT2D eigenvalue weighted by Gasteiger charge is -2.38. The summed E-state index contributed by atoms with van der Waals surface area (Å²) in [4.78, 5) is 32.8. The maximum Gasteiger partial charge on any atom is 0.251 e. The van der Waals surface area contributed by atoms with E-state index in [2.05, 4.69) is 23.5 Å². The molecule has 5 aliphatic rings. The van der Waals surface area contributed by atoms with Crippen LogP contribution >= 0.6 is 0 Å². The molecule has 0 radical (unpaired) electrons. The molecule has 2 unspecified atom stereocenters. The van der Waals surface area contributed by atoms with Gasteiger partial charge >= 0.3 is 0 Å². The molecule has 1 aliphatic carbocycles. The van der Waals surface area contributed by atoms with Gasteiger partial charge in [0.2, 0.25) is 5.91 Å². The van der Waals surface area contributed by atoms with Crippen LogP contribution in [0.5, 0.6) is 5.75 Å². The lowest BCUT2D eigenvalue weighted by atomic mass is 9.94. The molecule has 3 atom stereocenters. The molecule has 7 nitrogen and oxygen atoms in total. The zero-order chi connectivity index (χ0) is 23.2. The van der Waals surface area contributed by atoms with Gasteiger partial charge in [-0.25, -0.2) is 4.99 Å². The van der Waals surface area contributed by atoms with Crippen molar-refractivity contribution in [2.75, 3.05) is 6.61 Å². The summed E-state index contributed by atoms with van der Waals surface area (Å²) >= 11 is 0. The molecule has 4 aliphatic heterocycles. The number of carbonyl (C=O) groups excluding carboxylic acids is 2. The van der Waals surface area contributed by atoms with E-state index >= 15 is 0 Å². The highest BCUT2D eigenvalue weighted by Crippen LogP contribution is 2.39. The fourth-order valence-electron chi connectivity index (χ4n) is 5.92. The van der Waals surface area contributed by atoms with Gasteiger partial charge in [0.1, 0.15) is 5.75 Å². The molecule has 176 valence electrons. The second-order valence-electron chi connectivity index (χ2n) is 9.86. The topological polar surface area (TPSA) is 97.0 Å². The number of nitrogens with two attached hydrogens (primary N) is 1. The van der Waals surface area contributed by atoms with E-state index in [0.717, 1.165) is 44.1 Å². The number of fused-ring (bicyclic) bond motifs is 5. The van der Waals surface area contributed by atoms with Crippen LogP contribution in [-0.4, -0.2) is 35.3 Å². The molecule has 4 heterocycles. The van der Waals surface area contributed by atoms with E-state index in [1.807, 2.05) is 12.1 Å². The minimum atomic E-state index is -0.276. The Morgan fingerprint density at radius 3 is 2.79 bits per heavy atom. The molecule has 3 N–H and O–H groups in total. The van der Waals surface area contributed by atoms with Crippen LogP contribution in [0.15, 0.2) is 41.4 Å². The number of carbonyl (C=O) groups is 2. The first-order valence-corrected chi connectivity index (χ1v) is 12.4. The number of aryl methyl sites for hydroxylation is 2. The number of rotatable bonds is 0. The molecule has 0 aromatic heterocycles.